The molecule has 0 aliphatic carbocycles. The molecule has 0 saturated heterocycles. The molecule has 2 heterocycles. The number of nitrogens with zero attached hydrogens (tertiary/aromatic N) is 2. The Balaban J connectivity index is 1.27. The molecule has 0 fully saturated rings. The van der Waals surface area contributed by atoms with Gasteiger partial charge in [0.25, 0.3) is 5.89 Å². The Labute approximate surface area is 186 Å². The lowest BCUT2D eigenvalue weighted by Gasteiger charge is -2.08. The Hall–Kier alpha value is -3.20. The van der Waals surface area contributed by atoms with E-state index in [4.69, 9.17) is 18.7 Å². The topological polar surface area (TPSA) is 101 Å². The van der Waals surface area contributed by atoms with E-state index in [0.29, 0.717) is 36.1 Å². The van der Waals surface area contributed by atoms with Gasteiger partial charge in [-0.15, -0.1) is 0 Å². The molecule has 1 aromatic heterocycles. The zero-order valence-corrected chi connectivity index (χ0v) is 18.1. The van der Waals surface area contributed by atoms with Gasteiger partial charge in [0.2, 0.25) is 5.82 Å². The van der Waals surface area contributed by atoms with E-state index in [1.54, 1.807) is 18.2 Å². The predicted octanol–water partition coefficient (Wildman–Crippen LogP) is 4.37. The number of halogens is 1. The van der Waals surface area contributed by atoms with Crippen LogP contribution in [0.5, 0.6) is 11.5 Å². The fraction of sp³-hybridized carbons (Fsp3) is 0.273. The molecule has 9 heteroatoms. The Morgan fingerprint density at radius 2 is 1.87 bits per heavy atom. The number of carbonyl (C=O) groups excluding carboxylic acids is 2. The van der Waals surface area contributed by atoms with Crippen molar-refractivity contribution in [3.63, 3.8) is 0 Å². The predicted molar refractivity (Wildman–Crippen MR) is 113 cm³/mol. The van der Waals surface area contributed by atoms with Crippen LogP contribution >= 0.6 is 15.9 Å². The Bertz CT molecular complexity index is 1100. The second-order valence-electron chi connectivity index (χ2n) is 6.82. The minimum Gasteiger partial charge on any atom is -0.490 e. The van der Waals surface area contributed by atoms with Gasteiger partial charge in [0.05, 0.1) is 19.6 Å². The molecule has 8 nitrogen and oxygen atoms in total. The number of Topliss-reactive ketones (excluding diaryl/α,β-unsaturated/α-hetero) is 1. The van der Waals surface area contributed by atoms with Gasteiger partial charge >= 0.3 is 5.97 Å². The molecule has 0 radical (unpaired) electrons. The molecule has 31 heavy (non-hydrogen) atoms. The molecule has 0 amide bonds. The van der Waals surface area contributed by atoms with Crippen LogP contribution < -0.4 is 9.47 Å². The lowest BCUT2D eigenvalue weighted by molar-refractivity contribution is -0.145. The second-order valence-corrected chi connectivity index (χ2v) is 7.73. The number of fused-ring (bicyclic) bond motifs is 1. The Kier molecular flexibility index (Phi) is 6.61. The highest BCUT2D eigenvalue weighted by atomic mass is 79.9. The summed E-state index contributed by atoms with van der Waals surface area (Å²) < 4.78 is 22.3. The van der Waals surface area contributed by atoms with Gasteiger partial charge in [-0.1, -0.05) is 33.2 Å². The highest BCUT2D eigenvalue weighted by Crippen LogP contribution is 2.31. The van der Waals surface area contributed by atoms with Gasteiger partial charge in [-0.25, -0.2) is 0 Å². The average molecular weight is 487 g/mol. The molecule has 4 rings (SSSR count). The first-order valence-corrected chi connectivity index (χ1v) is 10.5. The summed E-state index contributed by atoms with van der Waals surface area (Å²) in [5.74, 6) is 1.04. The van der Waals surface area contributed by atoms with E-state index in [2.05, 4.69) is 26.1 Å². The van der Waals surface area contributed by atoms with Crippen molar-refractivity contribution in [2.45, 2.75) is 25.9 Å². The molecular weight excluding hydrogens is 468 g/mol. The summed E-state index contributed by atoms with van der Waals surface area (Å²) in [6.45, 7) is 0.963. The maximum atomic E-state index is 12.4. The van der Waals surface area contributed by atoms with Gasteiger partial charge in [-0.2, -0.15) is 4.98 Å². The van der Waals surface area contributed by atoms with Crippen LogP contribution in [0, 0.1) is 0 Å². The van der Waals surface area contributed by atoms with E-state index in [1.165, 1.54) is 0 Å². The zero-order chi connectivity index (χ0) is 21.6. The van der Waals surface area contributed by atoms with E-state index >= 15 is 0 Å². The number of ether oxygens (including phenoxy) is 3. The normalized spacial score (nSPS) is 12.8. The fourth-order valence-corrected chi connectivity index (χ4v) is 3.37. The zero-order valence-electron chi connectivity index (χ0n) is 16.5. The van der Waals surface area contributed by atoms with Crippen molar-refractivity contribution in [3.8, 4) is 22.9 Å². The largest absolute Gasteiger partial charge is 0.490 e. The SMILES string of the molecule is O=C(CCC(=O)c1ccc2c(c1)OCCCO2)OCc1nc(-c2cccc(Br)c2)no1. The third-order valence-electron chi connectivity index (χ3n) is 4.53. The second kappa shape index (κ2) is 9.74. The third kappa shape index (κ3) is 5.49. The fourth-order valence-electron chi connectivity index (χ4n) is 2.97. The summed E-state index contributed by atoms with van der Waals surface area (Å²) in [4.78, 5) is 28.7. The van der Waals surface area contributed by atoms with Crippen LogP contribution in [-0.2, 0) is 16.1 Å². The monoisotopic (exact) mass is 486 g/mol. The molecule has 0 saturated carbocycles. The van der Waals surface area contributed by atoms with Crippen molar-refractivity contribution in [3.05, 3.63) is 58.4 Å². The molecule has 0 spiro atoms. The maximum absolute atomic E-state index is 12.4. The summed E-state index contributed by atoms with van der Waals surface area (Å²) in [6, 6.07) is 12.5. The number of hydrogen-bond donors (Lipinski definition) is 0. The van der Waals surface area contributed by atoms with E-state index in [-0.39, 0.29) is 31.1 Å². The van der Waals surface area contributed by atoms with Crippen LogP contribution in [0.1, 0.15) is 35.5 Å². The van der Waals surface area contributed by atoms with Crippen LogP contribution in [0.15, 0.2) is 51.5 Å². The summed E-state index contributed by atoms with van der Waals surface area (Å²) >= 11 is 3.39. The first-order chi connectivity index (χ1) is 15.1. The molecule has 3 aromatic rings. The summed E-state index contributed by atoms with van der Waals surface area (Å²) in [7, 11) is 0. The number of carbonyl (C=O) groups is 2. The summed E-state index contributed by atoms with van der Waals surface area (Å²) in [6.07, 6.45) is 0.750. The highest BCUT2D eigenvalue weighted by Gasteiger charge is 2.16. The van der Waals surface area contributed by atoms with Crippen LogP contribution in [-0.4, -0.2) is 35.1 Å². The lowest BCUT2D eigenvalue weighted by atomic mass is 10.1. The lowest BCUT2D eigenvalue weighted by Crippen LogP contribution is -2.08. The van der Waals surface area contributed by atoms with Gasteiger partial charge in [-0.3, -0.25) is 9.59 Å². The van der Waals surface area contributed by atoms with Crippen molar-refractivity contribution >= 4 is 27.7 Å². The molecule has 0 bridgehead atoms. The average Bonchev–Trinajstić information content (AvgIpc) is 3.13. The Morgan fingerprint density at radius 3 is 2.71 bits per heavy atom. The van der Waals surface area contributed by atoms with E-state index in [0.717, 1.165) is 16.5 Å². The Morgan fingerprint density at radius 1 is 1.03 bits per heavy atom. The molecular formula is C22H19BrN2O6. The number of aromatic nitrogens is 2. The van der Waals surface area contributed by atoms with Crippen LogP contribution in [0.3, 0.4) is 0 Å². The molecule has 0 N–H and O–H groups in total. The van der Waals surface area contributed by atoms with E-state index in [9.17, 15) is 9.59 Å². The first-order valence-electron chi connectivity index (χ1n) is 9.75. The standard InChI is InChI=1S/C22H19BrN2O6/c23-16-4-1-3-15(11-16)22-24-20(31-25-22)13-30-21(27)8-6-17(26)14-5-7-18-19(12-14)29-10-2-9-28-18/h1,3-5,7,11-12H,2,6,8-10,13H2. The minimum absolute atomic E-state index is 0.0194. The van der Waals surface area contributed by atoms with Gasteiger partial charge in [0.1, 0.15) is 0 Å². The highest BCUT2D eigenvalue weighted by molar-refractivity contribution is 9.10. The molecule has 1 aliphatic heterocycles. The molecule has 0 unspecified atom stereocenters. The molecule has 0 atom stereocenters. The van der Waals surface area contributed by atoms with Gasteiger partial charge in [0, 0.05) is 28.4 Å². The molecule has 1 aliphatic rings. The molecule has 2 aromatic carbocycles. The number of benzene rings is 2. The van der Waals surface area contributed by atoms with Gasteiger partial charge < -0.3 is 18.7 Å². The van der Waals surface area contributed by atoms with Crippen LogP contribution in [0.25, 0.3) is 11.4 Å². The van der Waals surface area contributed by atoms with Crippen LogP contribution in [0.4, 0.5) is 0 Å². The number of rotatable bonds is 7. The maximum Gasteiger partial charge on any atom is 0.306 e. The quantitative estimate of drug-likeness (QED) is 0.358. The summed E-state index contributed by atoms with van der Waals surface area (Å²) in [5, 5.41) is 3.89. The van der Waals surface area contributed by atoms with Crippen LogP contribution in [0.2, 0.25) is 0 Å². The van der Waals surface area contributed by atoms with Crippen molar-refractivity contribution in [2.24, 2.45) is 0 Å². The van der Waals surface area contributed by atoms with Gasteiger partial charge in [0.15, 0.2) is 23.9 Å². The first kappa shape index (κ1) is 21.0. The van der Waals surface area contributed by atoms with Crippen molar-refractivity contribution < 1.29 is 28.3 Å². The number of esters is 1. The number of ketones is 1. The van der Waals surface area contributed by atoms with Crippen molar-refractivity contribution in [2.75, 3.05) is 13.2 Å². The van der Waals surface area contributed by atoms with Crippen molar-refractivity contribution in [1.29, 1.82) is 0 Å². The van der Waals surface area contributed by atoms with E-state index in [1.807, 2.05) is 24.3 Å². The smallest absolute Gasteiger partial charge is 0.306 e. The number of hydrogen-bond acceptors (Lipinski definition) is 8. The van der Waals surface area contributed by atoms with E-state index < -0.39 is 5.97 Å². The molecule has 160 valence electrons. The minimum atomic E-state index is -0.523. The van der Waals surface area contributed by atoms with Gasteiger partial charge in [-0.05, 0) is 30.3 Å². The summed E-state index contributed by atoms with van der Waals surface area (Å²) in [5.41, 5.74) is 1.24. The van der Waals surface area contributed by atoms with Crippen molar-refractivity contribution in [1.82, 2.24) is 10.1 Å². The third-order valence-corrected chi connectivity index (χ3v) is 5.03.